The van der Waals surface area contributed by atoms with Crippen molar-refractivity contribution in [1.29, 1.82) is 0 Å². The Hall–Kier alpha value is -0.520. The molecule has 0 unspecified atom stereocenters. The van der Waals surface area contributed by atoms with Crippen LogP contribution in [0.15, 0.2) is 0 Å². The summed E-state index contributed by atoms with van der Waals surface area (Å²) in [5.41, 5.74) is 0. The lowest BCUT2D eigenvalue weighted by molar-refractivity contribution is -0.0636. The quantitative estimate of drug-likeness (QED) is 0.509. The summed E-state index contributed by atoms with van der Waals surface area (Å²) in [7, 11) is 0. The number of ether oxygens (including phenoxy) is 2. The molecule has 0 aromatic rings. The lowest BCUT2D eigenvalue weighted by atomic mass is 10.1. The lowest BCUT2D eigenvalue weighted by Crippen LogP contribution is -2.27. The Balaban J connectivity index is 1.91. The highest BCUT2D eigenvalue weighted by Crippen LogP contribution is 2.06. The molecule has 2 heteroatoms. The molecule has 92 valence electrons. The standard InChI is InChI=1S/C14H24O2/c1-2-3-4-5-6-7-8-9-10-14-13-15-11-12-16-14/h14H,2-8,11-13H2,1H3/t14-/m0/s1. The summed E-state index contributed by atoms with van der Waals surface area (Å²) in [6, 6.07) is 0. The number of unbranched alkanes of at least 4 members (excludes halogenated alkanes) is 6. The van der Waals surface area contributed by atoms with Gasteiger partial charge in [-0.2, -0.15) is 0 Å². The van der Waals surface area contributed by atoms with Gasteiger partial charge in [0.15, 0.2) is 0 Å². The largest absolute Gasteiger partial charge is 0.375 e. The van der Waals surface area contributed by atoms with Crippen LogP contribution in [0.2, 0.25) is 0 Å². The van der Waals surface area contributed by atoms with E-state index in [1.54, 1.807) is 0 Å². The highest BCUT2D eigenvalue weighted by molar-refractivity contribution is 5.05. The first-order valence-electron chi connectivity index (χ1n) is 6.61. The highest BCUT2D eigenvalue weighted by atomic mass is 16.6. The van der Waals surface area contributed by atoms with Crippen molar-refractivity contribution in [3.8, 4) is 11.8 Å². The second kappa shape index (κ2) is 9.69. The molecule has 0 N–H and O–H groups in total. The van der Waals surface area contributed by atoms with E-state index in [9.17, 15) is 0 Å². The maximum Gasteiger partial charge on any atom is 0.141 e. The van der Waals surface area contributed by atoms with Crippen molar-refractivity contribution in [3.05, 3.63) is 0 Å². The SMILES string of the molecule is CCCCCCCCC#C[C@H]1COCCO1. The molecule has 0 spiro atoms. The Kier molecular flexibility index (Phi) is 8.20. The van der Waals surface area contributed by atoms with Crippen LogP contribution in [0.25, 0.3) is 0 Å². The average molecular weight is 224 g/mol. The van der Waals surface area contributed by atoms with Gasteiger partial charge < -0.3 is 9.47 Å². The monoisotopic (exact) mass is 224 g/mol. The molecular weight excluding hydrogens is 200 g/mol. The van der Waals surface area contributed by atoms with Crippen molar-refractivity contribution in [2.24, 2.45) is 0 Å². The predicted molar refractivity (Wildman–Crippen MR) is 66.3 cm³/mol. The molecule has 1 heterocycles. The summed E-state index contributed by atoms with van der Waals surface area (Å²) in [6.45, 7) is 4.30. The molecule has 0 aliphatic carbocycles. The van der Waals surface area contributed by atoms with Gasteiger partial charge >= 0.3 is 0 Å². The fourth-order valence-electron chi connectivity index (χ4n) is 1.75. The van der Waals surface area contributed by atoms with Crippen LogP contribution in [-0.2, 0) is 9.47 Å². The Morgan fingerprint density at radius 3 is 2.62 bits per heavy atom. The minimum absolute atomic E-state index is 0.0221. The van der Waals surface area contributed by atoms with Crippen LogP contribution >= 0.6 is 0 Å². The summed E-state index contributed by atoms with van der Waals surface area (Å²) in [6.07, 6.45) is 9.00. The van der Waals surface area contributed by atoms with Gasteiger partial charge in [0, 0.05) is 6.42 Å². The summed E-state index contributed by atoms with van der Waals surface area (Å²) in [4.78, 5) is 0. The van der Waals surface area contributed by atoms with Gasteiger partial charge in [-0.25, -0.2) is 0 Å². The van der Waals surface area contributed by atoms with E-state index < -0.39 is 0 Å². The normalized spacial score (nSPS) is 20.2. The van der Waals surface area contributed by atoms with Crippen molar-refractivity contribution >= 4 is 0 Å². The van der Waals surface area contributed by atoms with Crippen molar-refractivity contribution in [1.82, 2.24) is 0 Å². The van der Waals surface area contributed by atoms with Gasteiger partial charge in [-0.15, -0.1) is 5.92 Å². The van der Waals surface area contributed by atoms with Gasteiger partial charge in [0.05, 0.1) is 19.8 Å². The molecule has 0 radical (unpaired) electrons. The van der Waals surface area contributed by atoms with E-state index in [2.05, 4.69) is 18.8 Å². The first-order chi connectivity index (χ1) is 7.93. The van der Waals surface area contributed by atoms with E-state index in [0.29, 0.717) is 13.2 Å². The Labute approximate surface area is 99.7 Å². The summed E-state index contributed by atoms with van der Waals surface area (Å²) in [5, 5.41) is 0. The molecule has 0 bridgehead atoms. The van der Waals surface area contributed by atoms with Crippen molar-refractivity contribution < 1.29 is 9.47 Å². The van der Waals surface area contributed by atoms with Crippen molar-refractivity contribution in [2.75, 3.05) is 19.8 Å². The predicted octanol–water partition coefficient (Wildman–Crippen LogP) is 3.16. The zero-order chi connectivity index (χ0) is 11.5. The minimum atomic E-state index is 0.0221. The van der Waals surface area contributed by atoms with Crippen molar-refractivity contribution in [3.63, 3.8) is 0 Å². The van der Waals surface area contributed by atoms with Crippen LogP contribution in [0.4, 0.5) is 0 Å². The summed E-state index contributed by atoms with van der Waals surface area (Å²) < 4.78 is 10.7. The molecule has 0 amide bonds. The van der Waals surface area contributed by atoms with Gasteiger partial charge in [0.1, 0.15) is 6.10 Å². The Bertz CT molecular complexity index is 209. The molecule has 1 aliphatic heterocycles. The van der Waals surface area contributed by atoms with Crippen LogP contribution in [0, 0.1) is 11.8 Å². The summed E-state index contributed by atoms with van der Waals surface area (Å²) in [5.74, 6) is 6.32. The third-order valence-electron chi connectivity index (χ3n) is 2.73. The van der Waals surface area contributed by atoms with E-state index in [-0.39, 0.29) is 6.10 Å². The highest BCUT2D eigenvalue weighted by Gasteiger charge is 2.09. The van der Waals surface area contributed by atoms with E-state index in [0.717, 1.165) is 13.0 Å². The van der Waals surface area contributed by atoms with Gasteiger partial charge in [0.25, 0.3) is 0 Å². The zero-order valence-corrected chi connectivity index (χ0v) is 10.5. The van der Waals surface area contributed by atoms with Gasteiger partial charge in [0.2, 0.25) is 0 Å². The number of hydrogen-bond acceptors (Lipinski definition) is 2. The first kappa shape index (κ1) is 13.5. The first-order valence-corrected chi connectivity index (χ1v) is 6.61. The Morgan fingerprint density at radius 2 is 1.88 bits per heavy atom. The maximum absolute atomic E-state index is 5.44. The molecule has 2 nitrogen and oxygen atoms in total. The molecular formula is C14H24O2. The smallest absolute Gasteiger partial charge is 0.141 e. The van der Waals surface area contributed by atoms with Crippen LogP contribution < -0.4 is 0 Å². The third-order valence-corrected chi connectivity index (χ3v) is 2.73. The van der Waals surface area contributed by atoms with Crippen molar-refractivity contribution in [2.45, 2.75) is 58.0 Å². The molecule has 16 heavy (non-hydrogen) atoms. The third kappa shape index (κ3) is 6.87. The molecule has 1 saturated heterocycles. The van der Waals surface area contributed by atoms with E-state index in [4.69, 9.17) is 9.47 Å². The van der Waals surface area contributed by atoms with E-state index >= 15 is 0 Å². The fraction of sp³-hybridized carbons (Fsp3) is 0.857. The molecule has 0 aromatic carbocycles. The summed E-state index contributed by atoms with van der Waals surface area (Å²) >= 11 is 0. The van der Waals surface area contributed by atoms with Gasteiger partial charge in [-0.3, -0.25) is 0 Å². The van der Waals surface area contributed by atoms with Crippen LogP contribution in [0.3, 0.4) is 0 Å². The van der Waals surface area contributed by atoms with Crippen LogP contribution in [0.1, 0.15) is 51.9 Å². The van der Waals surface area contributed by atoms with E-state index in [1.165, 1.54) is 38.5 Å². The number of hydrogen-bond donors (Lipinski definition) is 0. The maximum atomic E-state index is 5.44. The molecule has 1 atom stereocenters. The van der Waals surface area contributed by atoms with E-state index in [1.807, 2.05) is 0 Å². The van der Waals surface area contributed by atoms with Crippen LogP contribution in [0.5, 0.6) is 0 Å². The fourth-order valence-corrected chi connectivity index (χ4v) is 1.75. The molecule has 1 aliphatic rings. The zero-order valence-electron chi connectivity index (χ0n) is 10.5. The topological polar surface area (TPSA) is 18.5 Å². The lowest BCUT2D eigenvalue weighted by Gasteiger charge is -2.17. The molecule has 1 fully saturated rings. The second-order valence-corrected chi connectivity index (χ2v) is 4.27. The van der Waals surface area contributed by atoms with Gasteiger partial charge in [-0.1, -0.05) is 44.9 Å². The molecule has 1 rings (SSSR count). The Morgan fingerprint density at radius 1 is 1.06 bits per heavy atom. The van der Waals surface area contributed by atoms with Gasteiger partial charge in [-0.05, 0) is 6.42 Å². The second-order valence-electron chi connectivity index (χ2n) is 4.27. The molecule has 0 aromatic heterocycles. The average Bonchev–Trinajstić information content (AvgIpc) is 2.34. The van der Waals surface area contributed by atoms with Crippen LogP contribution in [-0.4, -0.2) is 25.9 Å². The number of rotatable bonds is 6. The molecule has 0 saturated carbocycles. The minimum Gasteiger partial charge on any atom is -0.375 e.